The fourth-order valence-corrected chi connectivity index (χ4v) is 3.92. The monoisotopic (exact) mass is 435 g/mol. The van der Waals surface area contributed by atoms with Crippen LogP contribution < -0.4 is 10.3 Å². The Morgan fingerprint density at radius 1 is 1.15 bits per heavy atom. The first kappa shape index (κ1) is 18.7. The molecule has 1 aromatic heterocycles. The van der Waals surface area contributed by atoms with Crippen LogP contribution in [0.3, 0.4) is 0 Å². The number of benzene rings is 2. The second kappa shape index (κ2) is 8.51. The van der Waals surface area contributed by atoms with Crippen LogP contribution in [0.1, 0.15) is 23.2 Å². The van der Waals surface area contributed by atoms with Gasteiger partial charge in [-0.3, -0.25) is 8.75 Å². The van der Waals surface area contributed by atoms with Crippen molar-refractivity contribution in [1.82, 2.24) is 3.96 Å². The number of ether oxygens (including phenoxy) is 2. The summed E-state index contributed by atoms with van der Waals surface area (Å²) in [6, 6.07) is 12.6. The van der Waals surface area contributed by atoms with Gasteiger partial charge in [-0.05, 0) is 55.3 Å². The summed E-state index contributed by atoms with van der Waals surface area (Å²) in [4.78, 5) is 23.7. The Morgan fingerprint density at radius 2 is 1.92 bits per heavy atom. The Labute approximate surface area is 163 Å². The van der Waals surface area contributed by atoms with E-state index in [0.717, 1.165) is 27.4 Å². The smallest absolute Gasteiger partial charge is 0.337 e. The van der Waals surface area contributed by atoms with Crippen LogP contribution in [0.4, 0.5) is 0 Å². The molecule has 0 atom stereocenters. The first-order chi connectivity index (χ1) is 12.6. The SMILES string of the molecule is COC(=O)c1ccc(OCCCCn2sc3ccc(Br)cc3c2=O)cc1. The predicted octanol–water partition coefficient (Wildman–Crippen LogP) is 4.47. The molecule has 2 aromatic carbocycles. The number of methoxy groups -OCH3 is 1. The van der Waals surface area contributed by atoms with Crippen LogP contribution in [-0.2, 0) is 11.3 Å². The van der Waals surface area contributed by atoms with Crippen molar-refractivity contribution in [1.29, 1.82) is 0 Å². The normalized spacial score (nSPS) is 10.8. The molecule has 0 N–H and O–H groups in total. The van der Waals surface area contributed by atoms with Gasteiger partial charge in [-0.25, -0.2) is 4.79 Å². The van der Waals surface area contributed by atoms with E-state index in [1.165, 1.54) is 18.6 Å². The zero-order valence-corrected chi connectivity index (χ0v) is 16.6. The molecule has 0 saturated heterocycles. The molecule has 0 aliphatic heterocycles. The van der Waals surface area contributed by atoms with Crippen molar-refractivity contribution >= 4 is 43.5 Å². The van der Waals surface area contributed by atoms with E-state index in [1.54, 1.807) is 28.2 Å². The van der Waals surface area contributed by atoms with Crippen LogP contribution in [0.5, 0.6) is 5.75 Å². The number of aryl methyl sites for hydroxylation is 1. The van der Waals surface area contributed by atoms with Crippen LogP contribution in [-0.4, -0.2) is 23.6 Å². The standard InChI is InChI=1S/C19H18BrNO4S/c1-24-19(23)13-4-7-15(8-5-13)25-11-3-2-10-21-18(22)16-12-14(20)6-9-17(16)26-21/h4-9,12H,2-3,10-11H2,1H3. The Morgan fingerprint density at radius 3 is 2.65 bits per heavy atom. The average Bonchev–Trinajstić information content (AvgIpc) is 2.97. The third kappa shape index (κ3) is 4.34. The largest absolute Gasteiger partial charge is 0.494 e. The molecular formula is C19H18BrNO4S. The first-order valence-electron chi connectivity index (χ1n) is 8.19. The average molecular weight is 436 g/mol. The maximum absolute atomic E-state index is 12.4. The van der Waals surface area contributed by atoms with Crippen molar-refractivity contribution in [3.63, 3.8) is 0 Å². The highest BCUT2D eigenvalue weighted by Gasteiger charge is 2.08. The summed E-state index contributed by atoms with van der Waals surface area (Å²) in [6.07, 6.45) is 1.69. The van der Waals surface area contributed by atoms with Crippen molar-refractivity contribution in [3.8, 4) is 5.75 Å². The molecule has 3 rings (SSSR count). The van der Waals surface area contributed by atoms with Gasteiger partial charge >= 0.3 is 5.97 Å². The Bertz CT molecular complexity index is 962. The highest BCUT2D eigenvalue weighted by Crippen LogP contribution is 2.21. The second-order valence-electron chi connectivity index (χ2n) is 5.71. The quantitative estimate of drug-likeness (QED) is 0.405. The number of fused-ring (bicyclic) bond motifs is 1. The minimum Gasteiger partial charge on any atom is -0.494 e. The van der Waals surface area contributed by atoms with Crippen molar-refractivity contribution < 1.29 is 14.3 Å². The van der Waals surface area contributed by atoms with Crippen molar-refractivity contribution in [2.45, 2.75) is 19.4 Å². The lowest BCUT2D eigenvalue weighted by Crippen LogP contribution is -2.13. The molecule has 7 heteroatoms. The lowest BCUT2D eigenvalue weighted by molar-refractivity contribution is 0.0600. The number of carbonyl (C=O) groups is 1. The number of rotatable bonds is 7. The van der Waals surface area contributed by atoms with E-state index in [0.29, 0.717) is 24.5 Å². The fourth-order valence-electron chi connectivity index (χ4n) is 2.54. The van der Waals surface area contributed by atoms with Gasteiger partial charge in [0.1, 0.15) is 5.75 Å². The fraction of sp³-hybridized carbons (Fsp3) is 0.263. The minimum absolute atomic E-state index is 0.0608. The third-order valence-corrected chi connectivity index (χ3v) is 5.52. The molecule has 26 heavy (non-hydrogen) atoms. The summed E-state index contributed by atoms with van der Waals surface area (Å²) in [6.45, 7) is 1.24. The van der Waals surface area contributed by atoms with E-state index >= 15 is 0 Å². The van der Waals surface area contributed by atoms with Gasteiger partial charge in [0, 0.05) is 11.0 Å². The van der Waals surface area contributed by atoms with Crippen molar-refractivity contribution in [3.05, 3.63) is 62.9 Å². The zero-order valence-electron chi connectivity index (χ0n) is 14.2. The second-order valence-corrected chi connectivity index (χ2v) is 7.69. The van der Waals surface area contributed by atoms with Crippen LogP contribution in [0, 0.1) is 0 Å². The number of hydrogen-bond donors (Lipinski definition) is 0. The highest BCUT2D eigenvalue weighted by atomic mass is 79.9. The summed E-state index contributed by atoms with van der Waals surface area (Å²) < 4.78 is 14.0. The van der Waals surface area contributed by atoms with Gasteiger partial charge in [0.15, 0.2) is 0 Å². The van der Waals surface area contributed by atoms with E-state index in [-0.39, 0.29) is 11.5 Å². The summed E-state index contributed by atoms with van der Waals surface area (Å²) in [7, 11) is 1.35. The number of hydrogen-bond acceptors (Lipinski definition) is 5. The Kier molecular flexibility index (Phi) is 6.11. The summed E-state index contributed by atoms with van der Waals surface area (Å²) in [5, 5.41) is 0.756. The number of carbonyl (C=O) groups excluding carboxylic acids is 1. The maximum Gasteiger partial charge on any atom is 0.337 e. The lowest BCUT2D eigenvalue weighted by atomic mass is 10.2. The van der Waals surface area contributed by atoms with Crippen LogP contribution >= 0.6 is 27.5 Å². The molecule has 0 amide bonds. The molecule has 0 unspecified atom stereocenters. The zero-order chi connectivity index (χ0) is 18.5. The molecule has 5 nitrogen and oxygen atoms in total. The van der Waals surface area contributed by atoms with Gasteiger partial charge in [0.05, 0.1) is 29.4 Å². The number of nitrogens with zero attached hydrogens (tertiary/aromatic N) is 1. The van der Waals surface area contributed by atoms with Crippen LogP contribution in [0.25, 0.3) is 10.1 Å². The van der Waals surface area contributed by atoms with Gasteiger partial charge in [0.25, 0.3) is 5.56 Å². The number of esters is 1. The molecule has 0 saturated carbocycles. The Hall–Kier alpha value is -2.12. The maximum atomic E-state index is 12.4. The predicted molar refractivity (Wildman–Crippen MR) is 106 cm³/mol. The highest BCUT2D eigenvalue weighted by molar-refractivity contribution is 9.10. The molecular weight excluding hydrogens is 418 g/mol. The van der Waals surface area contributed by atoms with Gasteiger partial charge in [-0.15, -0.1) is 0 Å². The minimum atomic E-state index is -0.364. The summed E-state index contributed by atoms with van der Waals surface area (Å²) >= 11 is 4.89. The lowest BCUT2D eigenvalue weighted by Gasteiger charge is -2.07. The summed E-state index contributed by atoms with van der Waals surface area (Å²) in [5.74, 6) is 0.346. The Balaban J connectivity index is 1.48. The van der Waals surface area contributed by atoms with E-state index in [1.807, 2.05) is 18.2 Å². The van der Waals surface area contributed by atoms with Gasteiger partial charge in [0.2, 0.25) is 0 Å². The van der Waals surface area contributed by atoms with Gasteiger partial charge in [-0.2, -0.15) is 0 Å². The number of aromatic nitrogens is 1. The number of unbranched alkanes of at least 4 members (excludes halogenated alkanes) is 1. The first-order valence-corrected chi connectivity index (χ1v) is 9.75. The van der Waals surface area contributed by atoms with E-state index in [9.17, 15) is 9.59 Å². The van der Waals surface area contributed by atoms with Crippen molar-refractivity contribution in [2.75, 3.05) is 13.7 Å². The van der Waals surface area contributed by atoms with Gasteiger partial charge in [-0.1, -0.05) is 27.5 Å². The molecule has 1 heterocycles. The van der Waals surface area contributed by atoms with E-state index in [2.05, 4.69) is 20.7 Å². The molecule has 0 bridgehead atoms. The third-order valence-electron chi connectivity index (χ3n) is 3.91. The summed E-state index contributed by atoms with van der Waals surface area (Å²) in [5.41, 5.74) is 0.557. The molecule has 0 spiro atoms. The number of halogens is 1. The molecule has 3 aromatic rings. The molecule has 0 fully saturated rings. The molecule has 0 radical (unpaired) electrons. The molecule has 0 aliphatic carbocycles. The topological polar surface area (TPSA) is 57.5 Å². The van der Waals surface area contributed by atoms with E-state index < -0.39 is 0 Å². The van der Waals surface area contributed by atoms with E-state index in [4.69, 9.17) is 4.74 Å². The van der Waals surface area contributed by atoms with Crippen LogP contribution in [0.2, 0.25) is 0 Å². The molecule has 0 aliphatic rings. The van der Waals surface area contributed by atoms with Gasteiger partial charge < -0.3 is 9.47 Å². The van der Waals surface area contributed by atoms with Crippen molar-refractivity contribution in [2.24, 2.45) is 0 Å². The molecule has 136 valence electrons. The van der Waals surface area contributed by atoms with Crippen LogP contribution in [0.15, 0.2) is 51.7 Å².